The van der Waals surface area contributed by atoms with Gasteiger partial charge in [0.2, 0.25) is 0 Å². The van der Waals surface area contributed by atoms with Gasteiger partial charge >= 0.3 is 0 Å². The molecule has 7 heteroatoms. The second-order valence-electron chi connectivity index (χ2n) is 5.65. The van der Waals surface area contributed by atoms with Crippen molar-refractivity contribution in [3.8, 4) is 0 Å². The van der Waals surface area contributed by atoms with E-state index in [9.17, 15) is 9.59 Å². The fourth-order valence-electron chi connectivity index (χ4n) is 2.67. The molecule has 3 aromatic carbocycles. The quantitative estimate of drug-likeness (QED) is 0.480. The Morgan fingerprint density at radius 1 is 1.04 bits per heavy atom. The SMILES string of the molecule is O=c1c(NCc2cccc(Cl)c2)c(Nc2ccc3nc[nH]c3c2)c1=O. The highest BCUT2D eigenvalue weighted by atomic mass is 35.5. The second-order valence-corrected chi connectivity index (χ2v) is 6.09. The summed E-state index contributed by atoms with van der Waals surface area (Å²) >= 11 is 5.95. The average molecular weight is 353 g/mol. The first-order chi connectivity index (χ1) is 12.1. The van der Waals surface area contributed by atoms with Gasteiger partial charge < -0.3 is 15.6 Å². The molecule has 0 saturated heterocycles. The van der Waals surface area contributed by atoms with Crippen molar-refractivity contribution in [2.24, 2.45) is 0 Å². The monoisotopic (exact) mass is 352 g/mol. The molecular weight excluding hydrogens is 340 g/mol. The molecule has 0 spiro atoms. The first-order valence-corrected chi connectivity index (χ1v) is 8.01. The molecule has 0 aliphatic carbocycles. The Bertz CT molecular complexity index is 1140. The smallest absolute Gasteiger partial charge is 0.253 e. The van der Waals surface area contributed by atoms with Crippen LogP contribution in [0.25, 0.3) is 11.0 Å². The van der Waals surface area contributed by atoms with E-state index < -0.39 is 10.9 Å². The Hall–Kier alpha value is -3.12. The molecule has 0 atom stereocenters. The molecule has 1 aromatic heterocycles. The summed E-state index contributed by atoms with van der Waals surface area (Å²) in [6.45, 7) is 0.402. The maximum atomic E-state index is 11.9. The number of hydrogen-bond acceptors (Lipinski definition) is 5. The number of rotatable bonds is 5. The lowest BCUT2D eigenvalue weighted by molar-refractivity contribution is 1.13. The standard InChI is InChI=1S/C18H13ClN4O2/c19-11-3-1-2-10(6-11)8-20-15-16(18(25)17(15)24)23-12-4-5-13-14(7-12)22-9-21-13/h1-7,9,20,23H,8H2,(H,21,22). The number of aromatic nitrogens is 2. The van der Waals surface area contributed by atoms with Crippen LogP contribution in [-0.4, -0.2) is 9.97 Å². The summed E-state index contributed by atoms with van der Waals surface area (Å²) in [4.78, 5) is 30.9. The van der Waals surface area contributed by atoms with E-state index in [4.69, 9.17) is 11.6 Å². The van der Waals surface area contributed by atoms with E-state index >= 15 is 0 Å². The van der Waals surface area contributed by atoms with Gasteiger partial charge in [-0.25, -0.2) is 4.98 Å². The highest BCUT2D eigenvalue weighted by Crippen LogP contribution is 2.23. The van der Waals surface area contributed by atoms with Gasteiger partial charge in [-0.15, -0.1) is 0 Å². The zero-order valence-corrected chi connectivity index (χ0v) is 13.7. The van der Waals surface area contributed by atoms with Crippen LogP contribution in [0.3, 0.4) is 0 Å². The third-order valence-corrected chi connectivity index (χ3v) is 4.19. The highest BCUT2D eigenvalue weighted by Gasteiger charge is 2.21. The van der Waals surface area contributed by atoms with Crippen molar-refractivity contribution in [2.45, 2.75) is 6.54 Å². The summed E-state index contributed by atoms with van der Waals surface area (Å²) in [5, 5.41) is 6.65. The van der Waals surface area contributed by atoms with Crippen LogP contribution in [0.15, 0.2) is 58.4 Å². The minimum Gasteiger partial charge on any atom is -0.376 e. The van der Waals surface area contributed by atoms with E-state index in [0.717, 1.165) is 16.6 Å². The molecule has 0 saturated carbocycles. The molecule has 0 bridgehead atoms. The van der Waals surface area contributed by atoms with Crippen LogP contribution in [0.2, 0.25) is 5.02 Å². The van der Waals surface area contributed by atoms with Crippen LogP contribution in [0.5, 0.6) is 0 Å². The van der Waals surface area contributed by atoms with E-state index in [0.29, 0.717) is 17.3 Å². The fraction of sp³-hybridized carbons (Fsp3) is 0.0556. The van der Waals surface area contributed by atoms with Crippen molar-refractivity contribution in [1.82, 2.24) is 9.97 Å². The summed E-state index contributed by atoms with van der Waals surface area (Å²) in [5.74, 6) is 0. The Balaban J connectivity index is 1.55. The van der Waals surface area contributed by atoms with Gasteiger partial charge in [-0.3, -0.25) is 9.59 Å². The molecule has 0 radical (unpaired) electrons. The van der Waals surface area contributed by atoms with E-state index in [1.807, 2.05) is 24.3 Å². The van der Waals surface area contributed by atoms with Gasteiger partial charge in [-0.1, -0.05) is 23.7 Å². The lowest BCUT2D eigenvalue weighted by atomic mass is 10.1. The minimum absolute atomic E-state index is 0.269. The number of halogens is 1. The maximum Gasteiger partial charge on any atom is 0.253 e. The summed E-state index contributed by atoms with van der Waals surface area (Å²) in [7, 11) is 0. The van der Waals surface area contributed by atoms with Crippen molar-refractivity contribution in [1.29, 1.82) is 0 Å². The number of hydrogen-bond donors (Lipinski definition) is 3. The largest absolute Gasteiger partial charge is 0.376 e. The van der Waals surface area contributed by atoms with E-state index in [2.05, 4.69) is 20.6 Å². The van der Waals surface area contributed by atoms with Crippen LogP contribution < -0.4 is 21.5 Å². The first kappa shape index (κ1) is 15.4. The van der Waals surface area contributed by atoms with Crippen molar-refractivity contribution in [3.05, 3.63) is 79.8 Å². The third-order valence-electron chi connectivity index (χ3n) is 3.96. The Morgan fingerprint density at radius 3 is 2.72 bits per heavy atom. The minimum atomic E-state index is -0.529. The topological polar surface area (TPSA) is 86.9 Å². The molecule has 25 heavy (non-hydrogen) atoms. The van der Waals surface area contributed by atoms with Gasteiger partial charge in [0.05, 0.1) is 17.4 Å². The Kier molecular flexibility index (Phi) is 3.74. The molecule has 6 nitrogen and oxygen atoms in total. The van der Waals surface area contributed by atoms with Crippen molar-refractivity contribution < 1.29 is 0 Å². The highest BCUT2D eigenvalue weighted by molar-refractivity contribution is 6.30. The fourth-order valence-corrected chi connectivity index (χ4v) is 2.89. The number of fused-ring (bicyclic) bond motifs is 1. The number of imidazole rings is 1. The molecule has 0 amide bonds. The molecule has 0 aliphatic rings. The summed E-state index contributed by atoms with van der Waals surface area (Å²) in [6.07, 6.45) is 1.60. The van der Waals surface area contributed by atoms with Gasteiger partial charge in [0, 0.05) is 17.3 Å². The van der Waals surface area contributed by atoms with Gasteiger partial charge in [-0.2, -0.15) is 0 Å². The number of benzene rings is 2. The van der Waals surface area contributed by atoms with Crippen LogP contribution in [0, 0.1) is 0 Å². The molecule has 0 unspecified atom stereocenters. The number of H-pyrrole nitrogens is 1. The van der Waals surface area contributed by atoms with Gasteiger partial charge in [0.15, 0.2) is 0 Å². The van der Waals surface area contributed by atoms with E-state index in [1.54, 1.807) is 24.5 Å². The third kappa shape index (κ3) is 2.88. The maximum absolute atomic E-state index is 11.9. The molecule has 124 valence electrons. The normalized spacial score (nSPS) is 11.1. The van der Waals surface area contributed by atoms with Gasteiger partial charge in [-0.05, 0) is 35.9 Å². The van der Waals surface area contributed by atoms with E-state index in [1.165, 1.54) is 0 Å². The lowest BCUT2D eigenvalue weighted by Crippen LogP contribution is -2.36. The first-order valence-electron chi connectivity index (χ1n) is 7.63. The Morgan fingerprint density at radius 2 is 1.88 bits per heavy atom. The molecule has 4 rings (SSSR count). The van der Waals surface area contributed by atoms with Crippen molar-refractivity contribution in [3.63, 3.8) is 0 Å². The van der Waals surface area contributed by atoms with Crippen molar-refractivity contribution in [2.75, 3.05) is 10.6 Å². The molecule has 0 fully saturated rings. The Labute approximate surface area is 147 Å². The number of nitrogens with zero attached hydrogens (tertiary/aromatic N) is 1. The number of nitrogens with one attached hydrogen (secondary N) is 3. The molecule has 0 aliphatic heterocycles. The zero-order valence-electron chi connectivity index (χ0n) is 13.0. The number of anilines is 3. The van der Waals surface area contributed by atoms with Crippen LogP contribution in [0.4, 0.5) is 17.1 Å². The molecule has 3 N–H and O–H groups in total. The van der Waals surface area contributed by atoms with E-state index in [-0.39, 0.29) is 11.4 Å². The van der Waals surface area contributed by atoms with Crippen LogP contribution >= 0.6 is 11.6 Å². The van der Waals surface area contributed by atoms with Crippen LogP contribution in [0.1, 0.15) is 5.56 Å². The predicted molar refractivity (Wildman–Crippen MR) is 99.5 cm³/mol. The lowest BCUT2D eigenvalue weighted by Gasteiger charge is -2.15. The summed E-state index contributed by atoms with van der Waals surface area (Å²) in [5.41, 5.74) is 2.80. The molecular formula is C18H13ClN4O2. The second kappa shape index (κ2) is 6.07. The summed E-state index contributed by atoms with van der Waals surface area (Å²) in [6, 6.07) is 12.8. The zero-order chi connectivity index (χ0) is 17.4. The average Bonchev–Trinajstić information content (AvgIpc) is 3.08. The molecule has 1 heterocycles. The van der Waals surface area contributed by atoms with Gasteiger partial charge in [0.25, 0.3) is 10.9 Å². The summed E-state index contributed by atoms with van der Waals surface area (Å²) < 4.78 is 0. The van der Waals surface area contributed by atoms with Gasteiger partial charge in [0.1, 0.15) is 11.4 Å². The number of aromatic amines is 1. The molecule has 4 aromatic rings. The predicted octanol–water partition coefficient (Wildman–Crippen LogP) is 3.17. The van der Waals surface area contributed by atoms with Crippen LogP contribution in [-0.2, 0) is 6.54 Å². The van der Waals surface area contributed by atoms with Crippen molar-refractivity contribution >= 4 is 39.7 Å².